The van der Waals surface area contributed by atoms with Crippen LogP contribution in [-0.4, -0.2) is 37.3 Å². The molecule has 1 aromatic rings. The Hall–Kier alpha value is -2.08. The monoisotopic (exact) mass is 321 g/mol. The molecule has 126 valence electrons. The zero-order valence-electron chi connectivity index (χ0n) is 13.3. The lowest BCUT2D eigenvalue weighted by Gasteiger charge is -2.27. The van der Waals surface area contributed by atoms with Gasteiger partial charge >= 0.3 is 5.97 Å². The van der Waals surface area contributed by atoms with E-state index >= 15 is 0 Å². The molecule has 0 aliphatic heterocycles. The second kappa shape index (κ2) is 8.53. The minimum atomic E-state index is -0.888. The number of anilines is 1. The number of aliphatic carboxylic acids is 1. The lowest BCUT2D eigenvalue weighted by Crippen LogP contribution is -2.36. The van der Waals surface area contributed by atoms with Crippen LogP contribution in [0.2, 0.25) is 0 Å². The van der Waals surface area contributed by atoms with Crippen LogP contribution < -0.4 is 10.1 Å². The molecule has 1 aliphatic carbocycles. The molecule has 0 aromatic heterocycles. The van der Waals surface area contributed by atoms with Crippen molar-refractivity contribution in [2.45, 2.75) is 25.7 Å². The molecule has 1 amide bonds. The maximum atomic E-state index is 12.4. The Morgan fingerprint density at radius 1 is 1.22 bits per heavy atom. The molecule has 23 heavy (non-hydrogen) atoms. The highest BCUT2D eigenvalue weighted by atomic mass is 16.5. The summed E-state index contributed by atoms with van der Waals surface area (Å²) in [6, 6.07) is 7.07. The molecule has 0 spiro atoms. The molecule has 0 bridgehead atoms. The fourth-order valence-corrected chi connectivity index (χ4v) is 2.88. The van der Waals surface area contributed by atoms with E-state index in [0.717, 1.165) is 12.8 Å². The number of carboxylic acid groups (broad SMARTS) is 1. The van der Waals surface area contributed by atoms with Crippen LogP contribution in [0.4, 0.5) is 5.69 Å². The molecule has 6 heteroatoms. The summed E-state index contributed by atoms with van der Waals surface area (Å²) < 4.78 is 10.4. The average molecular weight is 321 g/mol. The highest BCUT2D eigenvalue weighted by Gasteiger charge is 2.35. The van der Waals surface area contributed by atoms with Gasteiger partial charge in [-0.1, -0.05) is 18.9 Å². The van der Waals surface area contributed by atoms with Crippen molar-refractivity contribution in [1.82, 2.24) is 0 Å². The minimum absolute atomic E-state index is 0.230. The van der Waals surface area contributed by atoms with Crippen LogP contribution in [0, 0.1) is 11.8 Å². The van der Waals surface area contributed by atoms with Crippen molar-refractivity contribution in [3.63, 3.8) is 0 Å². The summed E-state index contributed by atoms with van der Waals surface area (Å²) in [6.45, 7) is 0.913. The average Bonchev–Trinajstić information content (AvgIpc) is 2.55. The predicted molar refractivity (Wildman–Crippen MR) is 85.5 cm³/mol. The number of carboxylic acids is 1. The summed E-state index contributed by atoms with van der Waals surface area (Å²) in [6.07, 6.45) is 2.94. The lowest BCUT2D eigenvalue weighted by molar-refractivity contribution is -0.147. The van der Waals surface area contributed by atoms with Crippen LogP contribution in [0.5, 0.6) is 5.75 Å². The van der Waals surface area contributed by atoms with Crippen LogP contribution in [0.1, 0.15) is 25.7 Å². The van der Waals surface area contributed by atoms with Gasteiger partial charge in [-0.2, -0.15) is 0 Å². The number of amides is 1. The molecule has 2 atom stereocenters. The third kappa shape index (κ3) is 4.96. The molecule has 0 unspecified atom stereocenters. The van der Waals surface area contributed by atoms with Crippen LogP contribution in [0.25, 0.3) is 0 Å². The molecule has 0 heterocycles. The molecule has 1 aromatic carbocycles. The predicted octanol–water partition coefficient (Wildman–Crippen LogP) is 2.54. The van der Waals surface area contributed by atoms with Gasteiger partial charge in [0.1, 0.15) is 12.4 Å². The van der Waals surface area contributed by atoms with Gasteiger partial charge in [-0.15, -0.1) is 0 Å². The number of nitrogens with one attached hydrogen (secondary N) is 1. The first kappa shape index (κ1) is 17.3. The van der Waals surface area contributed by atoms with E-state index in [1.807, 2.05) is 0 Å². The molecular weight excluding hydrogens is 298 g/mol. The largest absolute Gasteiger partial charge is 0.491 e. The summed E-state index contributed by atoms with van der Waals surface area (Å²) in [5, 5.41) is 12.1. The first-order chi connectivity index (χ1) is 11.1. The number of benzene rings is 1. The van der Waals surface area contributed by atoms with E-state index in [0.29, 0.717) is 37.5 Å². The van der Waals surface area contributed by atoms with Crippen molar-refractivity contribution in [2.75, 3.05) is 25.6 Å². The maximum Gasteiger partial charge on any atom is 0.307 e. The van der Waals surface area contributed by atoms with Crippen LogP contribution in [-0.2, 0) is 14.3 Å². The van der Waals surface area contributed by atoms with Crippen LogP contribution in [0.3, 0.4) is 0 Å². The minimum Gasteiger partial charge on any atom is -0.491 e. The van der Waals surface area contributed by atoms with Gasteiger partial charge in [-0.05, 0) is 25.0 Å². The van der Waals surface area contributed by atoms with Gasteiger partial charge < -0.3 is 19.9 Å². The second-order valence-corrected chi connectivity index (χ2v) is 5.69. The molecule has 6 nitrogen and oxygen atoms in total. The van der Waals surface area contributed by atoms with E-state index in [4.69, 9.17) is 9.47 Å². The van der Waals surface area contributed by atoms with Gasteiger partial charge in [0.05, 0.1) is 18.4 Å². The summed E-state index contributed by atoms with van der Waals surface area (Å²) in [4.78, 5) is 23.7. The fourth-order valence-electron chi connectivity index (χ4n) is 2.88. The van der Waals surface area contributed by atoms with Crippen molar-refractivity contribution in [3.8, 4) is 5.75 Å². The van der Waals surface area contributed by atoms with Gasteiger partial charge in [0.25, 0.3) is 0 Å². The first-order valence-electron chi connectivity index (χ1n) is 7.87. The highest BCUT2D eigenvalue weighted by molar-refractivity contribution is 5.95. The van der Waals surface area contributed by atoms with E-state index in [-0.39, 0.29) is 5.91 Å². The van der Waals surface area contributed by atoms with Gasteiger partial charge in [-0.25, -0.2) is 0 Å². The molecule has 1 aliphatic rings. The maximum absolute atomic E-state index is 12.4. The third-order valence-corrected chi connectivity index (χ3v) is 4.08. The standard InChI is InChI=1S/C17H23NO5/c1-22-9-10-23-13-6-4-5-12(11-13)18-16(19)14-7-2-3-8-15(14)17(20)21/h4-6,11,14-15H,2-3,7-10H2,1H3,(H,18,19)(H,20,21)/t14-,15+/m0/s1. The number of carbonyl (C=O) groups excluding carboxylic acids is 1. The fraction of sp³-hybridized carbons (Fsp3) is 0.529. The molecule has 1 fully saturated rings. The Morgan fingerprint density at radius 2 is 1.96 bits per heavy atom. The smallest absolute Gasteiger partial charge is 0.307 e. The van der Waals surface area contributed by atoms with Crippen LogP contribution in [0.15, 0.2) is 24.3 Å². The second-order valence-electron chi connectivity index (χ2n) is 5.69. The Labute approximate surface area is 135 Å². The lowest BCUT2D eigenvalue weighted by atomic mass is 9.78. The van der Waals surface area contributed by atoms with E-state index < -0.39 is 17.8 Å². The number of methoxy groups -OCH3 is 1. The highest BCUT2D eigenvalue weighted by Crippen LogP contribution is 2.31. The summed E-state index contributed by atoms with van der Waals surface area (Å²) in [5.74, 6) is -1.55. The topological polar surface area (TPSA) is 84.9 Å². The SMILES string of the molecule is COCCOc1cccc(NC(=O)[C@H]2CCCC[C@H]2C(=O)O)c1. The molecule has 0 saturated heterocycles. The van der Waals surface area contributed by atoms with E-state index in [1.54, 1.807) is 31.4 Å². The Balaban J connectivity index is 1.98. The molecule has 2 N–H and O–H groups in total. The quantitative estimate of drug-likeness (QED) is 0.754. The molecule has 1 saturated carbocycles. The zero-order valence-corrected chi connectivity index (χ0v) is 13.3. The molecule has 2 rings (SSSR count). The van der Waals surface area contributed by atoms with Gasteiger partial charge in [0, 0.05) is 18.9 Å². The van der Waals surface area contributed by atoms with E-state index in [2.05, 4.69) is 5.32 Å². The van der Waals surface area contributed by atoms with Crippen molar-refractivity contribution in [1.29, 1.82) is 0 Å². The number of hydrogen-bond donors (Lipinski definition) is 2. The number of carbonyl (C=O) groups is 2. The van der Waals surface area contributed by atoms with Crippen molar-refractivity contribution in [3.05, 3.63) is 24.3 Å². The van der Waals surface area contributed by atoms with E-state index in [9.17, 15) is 14.7 Å². The summed E-state index contributed by atoms with van der Waals surface area (Å²) in [5.41, 5.74) is 0.611. The number of rotatable bonds is 7. The molecular formula is C17H23NO5. The van der Waals surface area contributed by atoms with Crippen LogP contribution >= 0.6 is 0 Å². The van der Waals surface area contributed by atoms with Gasteiger partial charge in [-0.3, -0.25) is 9.59 Å². The normalized spacial score (nSPS) is 20.7. The summed E-state index contributed by atoms with van der Waals surface area (Å²) in [7, 11) is 1.60. The Kier molecular flexibility index (Phi) is 6.40. The summed E-state index contributed by atoms with van der Waals surface area (Å²) >= 11 is 0. The molecule has 0 radical (unpaired) electrons. The van der Waals surface area contributed by atoms with Crippen molar-refractivity contribution < 1.29 is 24.2 Å². The first-order valence-corrected chi connectivity index (χ1v) is 7.87. The Bertz CT molecular complexity index is 546. The van der Waals surface area contributed by atoms with Crippen molar-refractivity contribution >= 4 is 17.6 Å². The number of hydrogen-bond acceptors (Lipinski definition) is 4. The van der Waals surface area contributed by atoms with E-state index in [1.165, 1.54) is 0 Å². The number of ether oxygens (including phenoxy) is 2. The Morgan fingerprint density at radius 3 is 2.65 bits per heavy atom. The zero-order chi connectivity index (χ0) is 16.7. The van der Waals surface area contributed by atoms with Crippen molar-refractivity contribution in [2.24, 2.45) is 11.8 Å². The van der Waals surface area contributed by atoms with Gasteiger partial charge in [0.2, 0.25) is 5.91 Å². The third-order valence-electron chi connectivity index (χ3n) is 4.08. The van der Waals surface area contributed by atoms with Gasteiger partial charge in [0.15, 0.2) is 0 Å².